The van der Waals surface area contributed by atoms with Crippen LogP contribution in [0, 0.1) is 11.6 Å². The van der Waals surface area contributed by atoms with Crippen molar-refractivity contribution in [2.75, 3.05) is 13.1 Å². The summed E-state index contributed by atoms with van der Waals surface area (Å²) in [6.07, 6.45) is 1.99. The molecule has 0 spiro atoms. The number of halogens is 2. The van der Waals surface area contributed by atoms with E-state index in [4.69, 9.17) is 4.74 Å². The van der Waals surface area contributed by atoms with Crippen LogP contribution in [-0.4, -0.2) is 36.0 Å². The van der Waals surface area contributed by atoms with Gasteiger partial charge in [-0.2, -0.15) is 0 Å². The Bertz CT molecular complexity index is 817. The van der Waals surface area contributed by atoms with Gasteiger partial charge >= 0.3 is 0 Å². The van der Waals surface area contributed by atoms with E-state index in [-0.39, 0.29) is 18.1 Å². The van der Waals surface area contributed by atoms with E-state index >= 15 is 0 Å². The zero-order valence-corrected chi connectivity index (χ0v) is 14.3. The third-order valence-corrected chi connectivity index (χ3v) is 4.66. The summed E-state index contributed by atoms with van der Waals surface area (Å²) in [7, 11) is 0. The summed E-state index contributed by atoms with van der Waals surface area (Å²) in [6, 6.07) is 11.0. The Hall–Kier alpha value is -2.47. The number of para-hydroxylation sites is 1. The largest absolute Gasteiger partial charge is 0.487 e. The topological polar surface area (TPSA) is 41.6 Å². The van der Waals surface area contributed by atoms with Crippen molar-refractivity contribution in [2.24, 2.45) is 0 Å². The molecule has 4 rings (SSSR count). The molecule has 0 bridgehead atoms. The van der Waals surface area contributed by atoms with Gasteiger partial charge in [0.25, 0.3) is 5.91 Å². The van der Waals surface area contributed by atoms with Gasteiger partial charge in [-0.05, 0) is 43.2 Å². The summed E-state index contributed by atoms with van der Waals surface area (Å²) in [4.78, 5) is 14.3. The fourth-order valence-electron chi connectivity index (χ4n) is 3.06. The molecule has 1 heterocycles. The molecule has 1 aliphatic heterocycles. The monoisotopic (exact) mass is 358 g/mol. The van der Waals surface area contributed by atoms with Crippen molar-refractivity contribution < 1.29 is 18.3 Å². The minimum Gasteiger partial charge on any atom is -0.487 e. The van der Waals surface area contributed by atoms with E-state index in [9.17, 15) is 13.6 Å². The number of carbonyl (C=O) groups is 1. The van der Waals surface area contributed by atoms with Gasteiger partial charge in [0.1, 0.15) is 23.5 Å². The highest BCUT2D eigenvalue weighted by Crippen LogP contribution is 2.26. The predicted octanol–water partition coefficient (Wildman–Crippen LogP) is 3.12. The van der Waals surface area contributed by atoms with Crippen molar-refractivity contribution in [1.29, 1.82) is 0 Å². The number of likely N-dealkylation sites (tertiary alicyclic amines) is 1. The molecule has 1 aliphatic carbocycles. The van der Waals surface area contributed by atoms with Crippen molar-refractivity contribution in [2.45, 2.75) is 31.5 Å². The number of nitrogens with one attached hydrogen (secondary N) is 1. The summed E-state index contributed by atoms with van der Waals surface area (Å²) >= 11 is 0. The molecule has 1 saturated heterocycles. The van der Waals surface area contributed by atoms with Crippen LogP contribution in [0.2, 0.25) is 0 Å². The summed E-state index contributed by atoms with van der Waals surface area (Å²) in [6.45, 7) is 1.55. The minimum atomic E-state index is -0.440. The average molecular weight is 358 g/mol. The fourth-order valence-corrected chi connectivity index (χ4v) is 3.06. The van der Waals surface area contributed by atoms with Crippen molar-refractivity contribution in [3.8, 4) is 5.75 Å². The summed E-state index contributed by atoms with van der Waals surface area (Å²) in [5.41, 5.74) is 0.877. The normalized spacial score (nSPS) is 17.6. The Morgan fingerprint density at radius 1 is 1.15 bits per heavy atom. The molecule has 0 aromatic heterocycles. The van der Waals surface area contributed by atoms with Crippen LogP contribution in [0.4, 0.5) is 8.78 Å². The summed E-state index contributed by atoms with van der Waals surface area (Å²) < 4.78 is 32.9. The number of amides is 1. The van der Waals surface area contributed by atoms with Gasteiger partial charge in [-0.25, -0.2) is 8.78 Å². The minimum absolute atomic E-state index is 0.0681. The van der Waals surface area contributed by atoms with Crippen molar-refractivity contribution >= 4 is 5.91 Å². The van der Waals surface area contributed by atoms with Crippen molar-refractivity contribution in [1.82, 2.24) is 10.2 Å². The van der Waals surface area contributed by atoms with Gasteiger partial charge in [0.15, 0.2) is 0 Å². The van der Waals surface area contributed by atoms with Crippen LogP contribution in [0.5, 0.6) is 5.75 Å². The molecule has 1 amide bonds. The number of rotatable bonds is 6. The molecule has 2 aliphatic rings. The molecule has 4 nitrogen and oxygen atoms in total. The first-order valence-corrected chi connectivity index (χ1v) is 8.81. The van der Waals surface area contributed by atoms with Crippen LogP contribution in [0.15, 0.2) is 42.5 Å². The smallest absolute Gasteiger partial charge is 0.255 e. The number of carbonyl (C=O) groups excluding carboxylic acids is 1. The van der Waals surface area contributed by atoms with E-state index in [2.05, 4.69) is 5.32 Å². The van der Waals surface area contributed by atoms with E-state index in [0.29, 0.717) is 36.5 Å². The first-order chi connectivity index (χ1) is 12.6. The predicted molar refractivity (Wildman–Crippen MR) is 93.0 cm³/mol. The third-order valence-electron chi connectivity index (χ3n) is 4.66. The molecule has 0 radical (unpaired) electrons. The second-order valence-electron chi connectivity index (χ2n) is 6.91. The SMILES string of the molecule is O=C(NC1CC1)c1ccccc1OC1CN(Cc2cc(F)ccc2F)C1. The number of nitrogens with zero attached hydrogens (tertiary/aromatic N) is 1. The molecule has 0 unspecified atom stereocenters. The van der Waals surface area contributed by atoms with Crippen LogP contribution in [0.25, 0.3) is 0 Å². The van der Waals surface area contributed by atoms with Gasteiger partial charge in [0.05, 0.1) is 5.56 Å². The van der Waals surface area contributed by atoms with E-state index < -0.39 is 11.6 Å². The van der Waals surface area contributed by atoms with Gasteiger partial charge in [0, 0.05) is 31.2 Å². The van der Waals surface area contributed by atoms with Crippen molar-refractivity contribution in [3.63, 3.8) is 0 Å². The summed E-state index contributed by atoms with van der Waals surface area (Å²) in [5.74, 6) is -0.392. The maximum absolute atomic E-state index is 13.7. The molecule has 1 saturated carbocycles. The highest BCUT2D eigenvalue weighted by atomic mass is 19.1. The van der Waals surface area contributed by atoms with Gasteiger partial charge in [-0.3, -0.25) is 9.69 Å². The van der Waals surface area contributed by atoms with Gasteiger partial charge < -0.3 is 10.1 Å². The number of ether oxygens (including phenoxy) is 1. The van der Waals surface area contributed by atoms with Crippen molar-refractivity contribution in [3.05, 3.63) is 65.2 Å². The molecule has 1 N–H and O–H groups in total. The second-order valence-corrected chi connectivity index (χ2v) is 6.91. The standard InChI is InChI=1S/C20H20F2N2O2/c21-14-5-8-18(22)13(9-14)10-24-11-16(12-24)26-19-4-2-1-3-17(19)20(25)23-15-6-7-15/h1-5,8-9,15-16H,6-7,10-12H2,(H,23,25). The molecule has 2 aromatic rings. The molecule has 2 aromatic carbocycles. The molecule has 136 valence electrons. The molecule has 0 atom stereocenters. The fraction of sp³-hybridized carbons (Fsp3) is 0.350. The zero-order valence-electron chi connectivity index (χ0n) is 14.3. The second kappa shape index (κ2) is 7.03. The first-order valence-electron chi connectivity index (χ1n) is 8.81. The van der Waals surface area contributed by atoms with E-state index in [1.165, 1.54) is 6.07 Å². The lowest BCUT2D eigenvalue weighted by Gasteiger charge is -2.39. The Morgan fingerprint density at radius 2 is 1.92 bits per heavy atom. The van der Waals surface area contributed by atoms with E-state index in [1.807, 2.05) is 17.0 Å². The zero-order chi connectivity index (χ0) is 18.1. The van der Waals surface area contributed by atoms with Gasteiger partial charge in [-0.1, -0.05) is 12.1 Å². The highest BCUT2D eigenvalue weighted by Gasteiger charge is 2.31. The van der Waals surface area contributed by atoms with Crippen LogP contribution in [-0.2, 0) is 6.54 Å². The van der Waals surface area contributed by atoms with Crippen LogP contribution in [0.1, 0.15) is 28.8 Å². The Labute approximate surface area is 150 Å². The third kappa shape index (κ3) is 3.85. The maximum atomic E-state index is 13.7. The Morgan fingerprint density at radius 3 is 2.69 bits per heavy atom. The molecular formula is C20H20F2N2O2. The van der Waals surface area contributed by atoms with Crippen LogP contribution < -0.4 is 10.1 Å². The maximum Gasteiger partial charge on any atom is 0.255 e. The van der Waals surface area contributed by atoms with E-state index in [0.717, 1.165) is 25.0 Å². The Kier molecular flexibility index (Phi) is 4.59. The average Bonchev–Trinajstić information content (AvgIpc) is 3.40. The molecular weight excluding hydrogens is 338 g/mol. The lowest BCUT2D eigenvalue weighted by atomic mass is 10.1. The molecule has 26 heavy (non-hydrogen) atoms. The van der Waals surface area contributed by atoms with E-state index in [1.54, 1.807) is 12.1 Å². The Balaban J connectivity index is 1.34. The van der Waals surface area contributed by atoms with Crippen LogP contribution in [0.3, 0.4) is 0 Å². The van der Waals surface area contributed by atoms with Gasteiger partial charge in [0.2, 0.25) is 0 Å². The van der Waals surface area contributed by atoms with Crippen LogP contribution >= 0.6 is 0 Å². The highest BCUT2D eigenvalue weighted by molar-refractivity contribution is 5.97. The summed E-state index contributed by atoms with van der Waals surface area (Å²) in [5, 5.41) is 2.97. The number of hydrogen-bond acceptors (Lipinski definition) is 3. The first kappa shape index (κ1) is 17.0. The molecule has 6 heteroatoms. The molecule has 2 fully saturated rings. The lowest BCUT2D eigenvalue weighted by molar-refractivity contribution is 0.0134. The number of benzene rings is 2. The quantitative estimate of drug-likeness (QED) is 0.863. The number of hydrogen-bond donors (Lipinski definition) is 1. The van der Waals surface area contributed by atoms with Gasteiger partial charge in [-0.15, -0.1) is 0 Å². The lowest BCUT2D eigenvalue weighted by Crippen LogP contribution is -2.53.